The number of rotatable bonds is 7. The summed E-state index contributed by atoms with van der Waals surface area (Å²) in [5.74, 6) is 0.0410. The van der Waals surface area contributed by atoms with Crippen LogP contribution >= 0.6 is 0 Å². The fourth-order valence-electron chi connectivity index (χ4n) is 2.13. The summed E-state index contributed by atoms with van der Waals surface area (Å²) in [4.78, 5) is 14.3. The van der Waals surface area contributed by atoms with E-state index in [1.54, 1.807) is 0 Å². The number of halogens is 1. The van der Waals surface area contributed by atoms with Crippen LogP contribution in [-0.2, 0) is 4.79 Å². The van der Waals surface area contributed by atoms with Crippen molar-refractivity contribution < 1.29 is 9.18 Å². The minimum absolute atomic E-state index is 0.109. The highest BCUT2D eigenvalue weighted by atomic mass is 19.1. The maximum absolute atomic E-state index is 12.9. The second-order valence-corrected chi connectivity index (χ2v) is 6.01. The molecule has 0 saturated heterocycles. The zero-order chi connectivity index (χ0) is 16.0. The third-order valence-corrected chi connectivity index (χ3v) is 3.24. The number of nitrogens with one attached hydrogen (secondary N) is 1. The molecular formula is C16H26FN3O. The van der Waals surface area contributed by atoms with Crippen LogP contribution in [0.3, 0.4) is 0 Å². The second kappa shape index (κ2) is 7.98. The highest BCUT2D eigenvalue weighted by Gasteiger charge is 2.13. The SMILES string of the molecule is CC(C)CN(CCC(=O)Nc1ccc(F)cc1N)C(C)C. The number of benzene rings is 1. The van der Waals surface area contributed by atoms with Gasteiger partial charge >= 0.3 is 0 Å². The summed E-state index contributed by atoms with van der Waals surface area (Å²) in [6.07, 6.45) is 0.391. The molecule has 0 saturated carbocycles. The number of nitrogen functional groups attached to an aromatic ring is 1. The molecule has 0 spiro atoms. The van der Waals surface area contributed by atoms with Crippen molar-refractivity contribution in [3.8, 4) is 0 Å². The second-order valence-electron chi connectivity index (χ2n) is 6.01. The van der Waals surface area contributed by atoms with Gasteiger partial charge in [-0.05, 0) is 38.0 Å². The fraction of sp³-hybridized carbons (Fsp3) is 0.562. The Labute approximate surface area is 126 Å². The van der Waals surface area contributed by atoms with E-state index in [1.807, 2.05) is 0 Å². The van der Waals surface area contributed by atoms with E-state index >= 15 is 0 Å². The summed E-state index contributed by atoms with van der Waals surface area (Å²) in [7, 11) is 0. The summed E-state index contributed by atoms with van der Waals surface area (Å²) in [5, 5.41) is 2.73. The number of hydrogen-bond donors (Lipinski definition) is 2. The molecule has 0 aliphatic carbocycles. The van der Waals surface area contributed by atoms with Crippen molar-refractivity contribution in [1.82, 2.24) is 4.90 Å². The van der Waals surface area contributed by atoms with Crippen LogP contribution in [-0.4, -0.2) is 29.9 Å². The predicted molar refractivity (Wildman–Crippen MR) is 85.6 cm³/mol. The Hall–Kier alpha value is -1.62. The van der Waals surface area contributed by atoms with Gasteiger partial charge in [0, 0.05) is 25.6 Å². The number of hydrogen-bond acceptors (Lipinski definition) is 3. The highest BCUT2D eigenvalue weighted by Crippen LogP contribution is 2.19. The molecular weight excluding hydrogens is 269 g/mol. The Balaban J connectivity index is 2.53. The lowest BCUT2D eigenvalue weighted by molar-refractivity contribution is -0.116. The van der Waals surface area contributed by atoms with Gasteiger partial charge in [0.05, 0.1) is 11.4 Å². The number of amides is 1. The van der Waals surface area contributed by atoms with Crippen LogP contribution in [0.5, 0.6) is 0 Å². The van der Waals surface area contributed by atoms with Crippen molar-refractivity contribution >= 4 is 17.3 Å². The minimum Gasteiger partial charge on any atom is -0.397 e. The molecule has 0 heterocycles. The first-order valence-electron chi connectivity index (χ1n) is 7.38. The van der Waals surface area contributed by atoms with E-state index in [0.717, 1.165) is 6.54 Å². The van der Waals surface area contributed by atoms with Gasteiger partial charge in [-0.1, -0.05) is 13.8 Å². The van der Waals surface area contributed by atoms with Crippen LogP contribution in [0.25, 0.3) is 0 Å². The highest BCUT2D eigenvalue weighted by molar-refractivity contribution is 5.93. The summed E-state index contributed by atoms with van der Waals surface area (Å²) < 4.78 is 12.9. The van der Waals surface area contributed by atoms with Crippen molar-refractivity contribution in [3.05, 3.63) is 24.0 Å². The van der Waals surface area contributed by atoms with E-state index in [4.69, 9.17) is 5.73 Å². The van der Waals surface area contributed by atoms with E-state index < -0.39 is 5.82 Å². The van der Waals surface area contributed by atoms with Gasteiger partial charge in [-0.25, -0.2) is 4.39 Å². The van der Waals surface area contributed by atoms with E-state index in [0.29, 0.717) is 30.6 Å². The molecule has 21 heavy (non-hydrogen) atoms. The van der Waals surface area contributed by atoms with Crippen LogP contribution in [0.15, 0.2) is 18.2 Å². The first-order valence-corrected chi connectivity index (χ1v) is 7.38. The van der Waals surface area contributed by atoms with E-state index in [1.165, 1.54) is 18.2 Å². The van der Waals surface area contributed by atoms with E-state index in [-0.39, 0.29) is 11.6 Å². The summed E-state index contributed by atoms with van der Waals surface area (Å²) in [5.41, 5.74) is 6.38. The molecule has 0 bridgehead atoms. The van der Waals surface area contributed by atoms with Gasteiger partial charge in [0.15, 0.2) is 0 Å². The normalized spacial score (nSPS) is 11.4. The monoisotopic (exact) mass is 295 g/mol. The lowest BCUT2D eigenvalue weighted by Gasteiger charge is -2.27. The zero-order valence-corrected chi connectivity index (χ0v) is 13.3. The van der Waals surface area contributed by atoms with Crippen LogP contribution in [0, 0.1) is 11.7 Å². The van der Waals surface area contributed by atoms with Crippen molar-refractivity contribution in [1.29, 1.82) is 0 Å². The maximum atomic E-state index is 12.9. The Morgan fingerprint density at radius 2 is 2.00 bits per heavy atom. The fourth-order valence-corrected chi connectivity index (χ4v) is 2.13. The van der Waals surface area contributed by atoms with Crippen LogP contribution in [0.2, 0.25) is 0 Å². The Kier molecular flexibility index (Phi) is 6.62. The molecule has 0 aromatic heterocycles. The van der Waals surface area contributed by atoms with Gasteiger partial charge in [0.2, 0.25) is 5.91 Å². The Bertz CT molecular complexity index is 475. The minimum atomic E-state index is -0.409. The average molecular weight is 295 g/mol. The Morgan fingerprint density at radius 1 is 1.33 bits per heavy atom. The third-order valence-electron chi connectivity index (χ3n) is 3.24. The first kappa shape index (κ1) is 17.4. The van der Waals surface area contributed by atoms with Crippen molar-refractivity contribution in [2.75, 3.05) is 24.1 Å². The average Bonchev–Trinajstić information content (AvgIpc) is 2.37. The molecule has 3 N–H and O–H groups in total. The molecule has 0 radical (unpaired) electrons. The molecule has 0 atom stereocenters. The molecule has 4 nitrogen and oxygen atoms in total. The molecule has 5 heteroatoms. The smallest absolute Gasteiger partial charge is 0.225 e. The Morgan fingerprint density at radius 3 is 2.52 bits per heavy atom. The molecule has 0 unspecified atom stereocenters. The van der Waals surface area contributed by atoms with Crippen LogP contribution in [0.1, 0.15) is 34.1 Å². The van der Waals surface area contributed by atoms with E-state index in [2.05, 4.69) is 37.9 Å². The van der Waals surface area contributed by atoms with Crippen molar-refractivity contribution in [2.45, 2.75) is 40.2 Å². The molecule has 0 aliphatic rings. The van der Waals surface area contributed by atoms with Crippen molar-refractivity contribution in [3.63, 3.8) is 0 Å². The molecule has 1 amide bonds. The number of carbonyl (C=O) groups is 1. The van der Waals surface area contributed by atoms with Gasteiger partial charge in [-0.2, -0.15) is 0 Å². The van der Waals surface area contributed by atoms with Gasteiger partial charge in [-0.15, -0.1) is 0 Å². The molecule has 1 rings (SSSR count). The summed E-state index contributed by atoms with van der Waals surface area (Å²) in [6.45, 7) is 10.2. The molecule has 118 valence electrons. The first-order chi connectivity index (χ1) is 9.79. The van der Waals surface area contributed by atoms with E-state index in [9.17, 15) is 9.18 Å². The van der Waals surface area contributed by atoms with Crippen molar-refractivity contribution in [2.24, 2.45) is 5.92 Å². The number of anilines is 2. The lowest BCUT2D eigenvalue weighted by Crippen LogP contribution is -2.36. The summed E-state index contributed by atoms with van der Waals surface area (Å²) in [6, 6.07) is 4.37. The molecule has 1 aromatic rings. The third kappa shape index (κ3) is 6.12. The van der Waals surface area contributed by atoms with Gasteiger partial charge in [-0.3, -0.25) is 4.79 Å². The molecule has 1 aromatic carbocycles. The van der Waals surface area contributed by atoms with Crippen LogP contribution in [0.4, 0.5) is 15.8 Å². The lowest BCUT2D eigenvalue weighted by atomic mass is 10.1. The quantitative estimate of drug-likeness (QED) is 0.760. The molecule has 0 fully saturated rings. The van der Waals surface area contributed by atoms with Gasteiger partial charge in [0.1, 0.15) is 5.82 Å². The largest absolute Gasteiger partial charge is 0.397 e. The predicted octanol–water partition coefficient (Wildman–Crippen LogP) is 3.10. The number of carbonyl (C=O) groups excluding carboxylic acids is 1. The standard InChI is InChI=1S/C16H26FN3O/c1-11(2)10-20(12(3)4)8-7-16(21)19-15-6-5-13(17)9-14(15)18/h5-6,9,11-12H,7-8,10,18H2,1-4H3,(H,19,21). The zero-order valence-electron chi connectivity index (χ0n) is 13.3. The van der Waals surface area contributed by atoms with Gasteiger partial charge in [0.25, 0.3) is 0 Å². The maximum Gasteiger partial charge on any atom is 0.225 e. The number of nitrogens with two attached hydrogens (primary N) is 1. The van der Waals surface area contributed by atoms with Crippen LogP contribution < -0.4 is 11.1 Å². The van der Waals surface area contributed by atoms with Gasteiger partial charge < -0.3 is 16.0 Å². The number of nitrogens with zero attached hydrogens (tertiary/aromatic N) is 1. The summed E-state index contributed by atoms with van der Waals surface area (Å²) >= 11 is 0. The molecule has 0 aliphatic heterocycles. The topological polar surface area (TPSA) is 58.4 Å².